The number of rotatable bonds is 7. The third kappa shape index (κ3) is 5.75. The van der Waals surface area contributed by atoms with Gasteiger partial charge in [0.05, 0.1) is 16.6 Å². The average Bonchev–Trinajstić information content (AvgIpc) is 3.23. The van der Waals surface area contributed by atoms with Crippen molar-refractivity contribution in [1.82, 2.24) is 9.97 Å². The van der Waals surface area contributed by atoms with Crippen LogP contribution in [0.1, 0.15) is 24.5 Å². The second kappa shape index (κ2) is 10.4. The minimum Gasteiger partial charge on any atom is -0.332 e. The molecule has 1 atom stereocenters. The van der Waals surface area contributed by atoms with Gasteiger partial charge in [-0.05, 0) is 44.5 Å². The maximum Gasteiger partial charge on any atom is 0.237 e. The molecule has 1 amide bonds. The number of nitrogens with zero attached hydrogens (tertiary/aromatic N) is 1. The van der Waals surface area contributed by atoms with E-state index in [0.717, 1.165) is 37.8 Å². The maximum absolute atomic E-state index is 13.0. The van der Waals surface area contributed by atoms with Crippen molar-refractivity contribution in [2.75, 3.05) is 5.32 Å². The van der Waals surface area contributed by atoms with Crippen LogP contribution in [0.5, 0.6) is 0 Å². The fourth-order valence-electron chi connectivity index (χ4n) is 3.47. The zero-order valence-corrected chi connectivity index (χ0v) is 21.3. The van der Waals surface area contributed by atoms with Crippen molar-refractivity contribution >= 4 is 39.3 Å². The quantitative estimate of drug-likeness (QED) is 0.246. The molecule has 2 N–H and O–H groups in total. The number of benzene rings is 3. The molecule has 0 aliphatic rings. The van der Waals surface area contributed by atoms with Crippen LogP contribution in [0.15, 0.2) is 82.4 Å². The molecule has 6 heteroatoms. The number of hydrogen-bond donors (Lipinski definition) is 2. The van der Waals surface area contributed by atoms with Crippen molar-refractivity contribution < 1.29 is 4.79 Å². The van der Waals surface area contributed by atoms with E-state index in [-0.39, 0.29) is 11.2 Å². The lowest BCUT2D eigenvalue weighted by molar-refractivity contribution is -0.115. The van der Waals surface area contributed by atoms with Gasteiger partial charge in [-0.1, -0.05) is 94.3 Å². The van der Waals surface area contributed by atoms with Crippen LogP contribution in [-0.2, 0) is 4.79 Å². The number of aryl methyl sites for hydroxylation is 2. The lowest BCUT2D eigenvalue weighted by atomic mass is 10.0. The molecule has 0 saturated heterocycles. The minimum atomic E-state index is -0.267. The standard InChI is InChI=1S/C27H26BrN3OS/c1-4-23(26(32)29-22-15-13-21(28)14-16-22)33-27-30-24(19-9-5-17(2)6-10-19)25(31-27)20-11-7-18(3)8-12-20/h5-16,23H,4H2,1-3H3,(H,29,32)(H,30,31). The van der Waals surface area contributed by atoms with Crippen molar-refractivity contribution in [3.63, 3.8) is 0 Å². The van der Waals surface area contributed by atoms with Gasteiger partial charge in [0, 0.05) is 21.3 Å². The molecule has 4 aromatic rings. The number of aromatic amines is 1. The molecule has 1 aromatic heterocycles. The Bertz CT molecular complexity index is 1170. The third-order valence-electron chi connectivity index (χ3n) is 5.38. The van der Waals surface area contributed by atoms with Gasteiger partial charge in [0.2, 0.25) is 5.91 Å². The van der Waals surface area contributed by atoms with Crippen molar-refractivity contribution in [3.05, 3.63) is 88.4 Å². The molecule has 33 heavy (non-hydrogen) atoms. The van der Waals surface area contributed by atoms with Crippen LogP contribution in [0.4, 0.5) is 5.69 Å². The second-order valence-corrected chi connectivity index (χ2v) is 10.1. The molecule has 0 bridgehead atoms. The van der Waals surface area contributed by atoms with Gasteiger partial charge < -0.3 is 10.3 Å². The Labute approximate surface area is 207 Å². The van der Waals surface area contributed by atoms with E-state index < -0.39 is 0 Å². The van der Waals surface area contributed by atoms with Crippen LogP contribution in [0.25, 0.3) is 22.5 Å². The van der Waals surface area contributed by atoms with E-state index in [1.54, 1.807) is 0 Å². The van der Waals surface area contributed by atoms with Crippen molar-refractivity contribution in [1.29, 1.82) is 0 Å². The van der Waals surface area contributed by atoms with Crippen LogP contribution < -0.4 is 5.32 Å². The summed E-state index contributed by atoms with van der Waals surface area (Å²) in [6.07, 6.45) is 0.688. The summed E-state index contributed by atoms with van der Waals surface area (Å²) in [4.78, 5) is 21.4. The zero-order valence-electron chi connectivity index (χ0n) is 18.9. The summed E-state index contributed by atoms with van der Waals surface area (Å²) in [5.74, 6) is -0.0324. The summed E-state index contributed by atoms with van der Waals surface area (Å²) in [6.45, 7) is 6.17. The molecule has 4 nitrogen and oxygen atoms in total. The molecule has 0 radical (unpaired) electrons. The first-order chi connectivity index (χ1) is 15.9. The summed E-state index contributed by atoms with van der Waals surface area (Å²) in [5.41, 5.74) is 7.17. The van der Waals surface area contributed by atoms with Gasteiger partial charge in [0.15, 0.2) is 5.16 Å². The molecule has 0 aliphatic heterocycles. The molecule has 0 fully saturated rings. The summed E-state index contributed by atoms with van der Waals surface area (Å²) in [7, 11) is 0. The Kier molecular flexibility index (Phi) is 7.36. The van der Waals surface area contributed by atoms with Gasteiger partial charge in [-0.3, -0.25) is 4.79 Å². The maximum atomic E-state index is 13.0. The molecule has 0 saturated carbocycles. The number of nitrogens with one attached hydrogen (secondary N) is 2. The lowest BCUT2D eigenvalue weighted by Gasteiger charge is -2.13. The van der Waals surface area contributed by atoms with Crippen molar-refractivity contribution in [2.45, 2.75) is 37.6 Å². The van der Waals surface area contributed by atoms with Gasteiger partial charge in [-0.15, -0.1) is 0 Å². The summed E-state index contributed by atoms with van der Waals surface area (Å²) >= 11 is 4.89. The number of anilines is 1. The van der Waals surface area contributed by atoms with Gasteiger partial charge in [-0.2, -0.15) is 0 Å². The van der Waals surface area contributed by atoms with Gasteiger partial charge in [0.25, 0.3) is 0 Å². The fourth-order valence-corrected chi connectivity index (χ4v) is 4.64. The fraction of sp³-hybridized carbons (Fsp3) is 0.185. The summed E-state index contributed by atoms with van der Waals surface area (Å²) in [6, 6.07) is 24.4. The number of carbonyl (C=O) groups is 1. The van der Waals surface area contributed by atoms with Crippen molar-refractivity contribution in [3.8, 4) is 22.5 Å². The van der Waals surface area contributed by atoms with E-state index in [2.05, 4.69) is 88.6 Å². The number of thioether (sulfide) groups is 1. The molecule has 0 aliphatic carbocycles. The number of carbonyl (C=O) groups excluding carboxylic acids is 1. The minimum absolute atomic E-state index is 0.0324. The molecule has 1 heterocycles. The monoisotopic (exact) mass is 519 g/mol. The Morgan fingerprint density at radius 2 is 1.52 bits per heavy atom. The number of H-pyrrole nitrogens is 1. The topological polar surface area (TPSA) is 57.8 Å². The number of halogens is 1. The molecule has 3 aromatic carbocycles. The lowest BCUT2D eigenvalue weighted by Crippen LogP contribution is -2.24. The molecular formula is C27H26BrN3OS. The number of amides is 1. The van der Waals surface area contributed by atoms with Crippen LogP contribution in [-0.4, -0.2) is 21.1 Å². The van der Waals surface area contributed by atoms with E-state index in [0.29, 0.717) is 6.42 Å². The average molecular weight is 520 g/mol. The summed E-state index contributed by atoms with van der Waals surface area (Å²) in [5, 5.41) is 3.48. The zero-order chi connectivity index (χ0) is 23.4. The Balaban J connectivity index is 1.63. The highest BCUT2D eigenvalue weighted by molar-refractivity contribution is 9.10. The van der Waals surface area contributed by atoms with E-state index in [4.69, 9.17) is 4.98 Å². The predicted octanol–water partition coefficient (Wildman–Crippen LogP) is 7.63. The van der Waals surface area contributed by atoms with E-state index in [1.807, 2.05) is 31.2 Å². The highest BCUT2D eigenvalue weighted by Crippen LogP contribution is 2.35. The largest absolute Gasteiger partial charge is 0.332 e. The number of hydrogen-bond acceptors (Lipinski definition) is 3. The normalized spacial score (nSPS) is 11.9. The summed E-state index contributed by atoms with van der Waals surface area (Å²) < 4.78 is 0.977. The number of imidazole rings is 1. The molecule has 4 rings (SSSR count). The van der Waals surface area contributed by atoms with E-state index in [9.17, 15) is 4.79 Å². The highest BCUT2D eigenvalue weighted by Gasteiger charge is 2.22. The first-order valence-electron chi connectivity index (χ1n) is 10.9. The van der Waals surface area contributed by atoms with Gasteiger partial charge >= 0.3 is 0 Å². The van der Waals surface area contributed by atoms with Crippen LogP contribution >= 0.6 is 27.7 Å². The van der Waals surface area contributed by atoms with Crippen LogP contribution in [0, 0.1) is 13.8 Å². The second-order valence-electron chi connectivity index (χ2n) is 8.01. The molecule has 168 valence electrons. The Morgan fingerprint density at radius 3 is 2.09 bits per heavy atom. The first-order valence-corrected chi connectivity index (χ1v) is 12.6. The van der Waals surface area contributed by atoms with Crippen LogP contribution in [0.2, 0.25) is 0 Å². The molecule has 1 unspecified atom stereocenters. The smallest absolute Gasteiger partial charge is 0.237 e. The molecule has 0 spiro atoms. The highest BCUT2D eigenvalue weighted by atomic mass is 79.9. The van der Waals surface area contributed by atoms with E-state index in [1.165, 1.54) is 22.9 Å². The third-order valence-corrected chi connectivity index (χ3v) is 7.15. The molecular weight excluding hydrogens is 494 g/mol. The predicted molar refractivity (Wildman–Crippen MR) is 142 cm³/mol. The van der Waals surface area contributed by atoms with Crippen LogP contribution in [0.3, 0.4) is 0 Å². The Hall–Kier alpha value is -2.83. The SMILES string of the molecule is CCC(Sc1nc(-c2ccc(C)cc2)c(-c2ccc(C)cc2)[nH]1)C(=O)Nc1ccc(Br)cc1. The first kappa shape index (κ1) is 23.3. The van der Waals surface area contributed by atoms with Crippen molar-refractivity contribution in [2.24, 2.45) is 0 Å². The van der Waals surface area contributed by atoms with Gasteiger partial charge in [-0.25, -0.2) is 4.98 Å². The number of aromatic nitrogens is 2. The Morgan fingerprint density at radius 1 is 0.939 bits per heavy atom. The van der Waals surface area contributed by atoms with Gasteiger partial charge in [0.1, 0.15) is 0 Å². The van der Waals surface area contributed by atoms with E-state index >= 15 is 0 Å².